The Balaban J connectivity index is 0.000000218. The maximum absolute atomic E-state index is 15.0. The highest BCUT2D eigenvalue weighted by molar-refractivity contribution is 7.92. The number of hydrogen-bond donors (Lipinski definition) is 2. The number of Topliss-reactive ketones (excluding diaryl/α,β-unsaturated/α-hetero) is 2. The number of esters is 2. The van der Waals surface area contributed by atoms with Crippen LogP contribution in [0.3, 0.4) is 0 Å². The van der Waals surface area contributed by atoms with Gasteiger partial charge in [0.1, 0.15) is 23.4 Å². The van der Waals surface area contributed by atoms with Crippen LogP contribution in [0.1, 0.15) is 212 Å². The number of allylic oxidation sites excluding steroid dienone is 4. The molecular weight excluding hydrogens is 1450 g/mol. The molecule has 600 valence electrons. The first-order valence-electron chi connectivity index (χ1n) is 39.5. The van der Waals surface area contributed by atoms with Gasteiger partial charge in [0.2, 0.25) is 67.2 Å². The molecule has 2 aromatic carbocycles. The molecule has 4 amide bonds. The minimum Gasteiger partial charge on any atom is -0.481 e. The summed E-state index contributed by atoms with van der Waals surface area (Å²) in [6, 6.07) is 16.8. The van der Waals surface area contributed by atoms with E-state index in [1.807, 2.05) is 86.7 Å². The van der Waals surface area contributed by atoms with Gasteiger partial charge in [-0.05, 0) is 191 Å². The number of hydrogen-bond acceptors (Lipinski definition) is 20. The molecule has 8 aliphatic rings. The normalized spacial score (nSPS) is 30.3. The number of nitrogens with one attached hydrogen (secondary N) is 2. The molecule has 6 fully saturated rings. The molecule has 4 aliphatic carbocycles. The third-order valence-corrected chi connectivity index (χ3v) is 28.5. The summed E-state index contributed by atoms with van der Waals surface area (Å²) >= 11 is 0. The number of nitrogens with zero attached hydrogens (tertiary/aromatic N) is 4. The van der Waals surface area contributed by atoms with E-state index < -0.39 is 111 Å². The molecule has 2 N–H and O–H groups in total. The summed E-state index contributed by atoms with van der Waals surface area (Å²) in [6.45, 7) is 22.4. The van der Waals surface area contributed by atoms with E-state index >= 15 is 9.59 Å². The zero-order chi connectivity index (χ0) is 79.8. The minimum absolute atomic E-state index is 0.0501. The molecule has 14 atom stereocenters. The van der Waals surface area contributed by atoms with Crippen molar-refractivity contribution in [2.75, 3.05) is 27.3 Å². The molecule has 2 saturated heterocycles. The van der Waals surface area contributed by atoms with Gasteiger partial charge < -0.3 is 38.2 Å². The minimum atomic E-state index is -3.95. The molecule has 4 saturated carbocycles. The number of carbonyl (C=O) groups is 8. The Morgan fingerprint density at radius 3 is 1.25 bits per heavy atom. The van der Waals surface area contributed by atoms with Crippen LogP contribution in [0.5, 0.6) is 23.5 Å². The van der Waals surface area contributed by atoms with E-state index in [1.54, 1.807) is 67.5 Å². The van der Waals surface area contributed by atoms with Gasteiger partial charge in [-0.2, -0.15) is 9.97 Å². The number of benzene rings is 2. The number of methoxy groups -OCH3 is 2. The Morgan fingerprint density at radius 1 is 0.555 bits per heavy atom. The molecule has 4 aromatic rings. The first-order valence-corrected chi connectivity index (χ1v) is 42.5. The Labute approximate surface area is 648 Å². The second kappa shape index (κ2) is 32.6. The fourth-order valence-electron chi connectivity index (χ4n) is 16.8. The molecule has 0 unspecified atom stereocenters. The summed E-state index contributed by atoms with van der Waals surface area (Å²) < 4.78 is 91.1. The molecular formula is C84H114N6O18S2. The number of rotatable bonds is 18. The molecule has 4 aliphatic heterocycles. The van der Waals surface area contributed by atoms with Gasteiger partial charge in [0.25, 0.3) is 0 Å². The van der Waals surface area contributed by atoms with Crippen LogP contribution in [0.2, 0.25) is 0 Å². The Bertz CT molecular complexity index is 4180. The van der Waals surface area contributed by atoms with Crippen molar-refractivity contribution in [1.29, 1.82) is 0 Å². The SMILES string of the molecule is CC[C@@H]1C[C@@H](C)CC/C=C\[C@@H]2C[C@@]2(C(=O)NS(=O)(=O)C2(C)CC2)CC(=O)[C@@H]2C[C@@H](Oc3nc(OC)cc4ccccc34)CN2C(=O)[C@H]1CC(=O)OC(C)(C)C.CC[C@@H]1C[C@H](C)CC/C=C\[C@@H]2C[C@@]2(C(=O)NS(=O)(=O)C2(C)CC2)CC(=O)[C@@H]2C[C@@H](Oc3nc(OC)cc4ccccc34)CN2C(=O)[C@H]1CC(=O)OC(C)(C)C. The maximum Gasteiger partial charge on any atom is 0.307 e. The third kappa shape index (κ3) is 18.9. The quantitative estimate of drug-likeness (QED) is 0.0690. The van der Waals surface area contributed by atoms with Crippen LogP contribution in [0.25, 0.3) is 21.5 Å². The topological polar surface area (TPSA) is 317 Å². The van der Waals surface area contributed by atoms with Gasteiger partial charge in [-0.25, -0.2) is 16.8 Å². The molecule has 24 nitrogen and oxygen atoms in total. The Kier molecular flexibility index (Phi) is 24.6. The maximum atomic E-state index is 15.0. The average Bonchev–Trinajstić information content (AvgIpc) is 1.57. The van der Waals surface area contributed by atoms with Crippen LogP contribution in [-0.4, -0.2) is 156 Å². The predicted octanol–water partition coefficient (Wildman–Crippen LogP) is 12.6. The van der Waals surface area contributed by atoms with Crippen LogP contribution < -0.4 is 28.4 Å². The summed E-state index contributed by atoms with van der Waals surface area (Å²) in [4.78, 5) is 127. The van der Waals surface area contributed by atoms with Crippen LogP contribution in [0, 0.1) is 58.2 Å². The average molecular weight is 1560 g/mol. The predicted molar refractivity (Wildman–Crippen MR) is 415 cm³/mol. The lowest BCUT2D eigenvalue weighted by Gasteiger charge is -2.33. The van der Waals surface area contributed by atoms with Crippen molar-refractivity contribution in [2.45, 2.75) is 256 Å². The fourth-order valence-corrected chi connectivity index (χ4v) is 19.5. The molecule has 12 rings (SSSR count). The van der Waals surface area contributed by atoms with Crippen molar-refractivity contribution < 1.29 is 83.6 Å². The number of amides is 4. The fraction of sp³-hybridized carbons (Fsp3) is 0.643. The number of carbonyl (C=O) groups excluding carboxylic acids is 8. The first kappa shape index (κ1) is 82.9. The molecule has 110 heavy (non-hydrogen) atoms. The summed E-state index contributed by atoms with van der Waals surface area (Å²) in [6.07, 6.45) is 14.4. The number of pyridine rings is 2. The zero-order valence-electron chi connectivity index (χ0n) is 66.5. The number of fused-ring (bicyclic) bond motifs is 6. The van der Waals surface area contributed by atoms with E-state index in [2.05, 4.69) is 33.3 Å². The molecule has 0 bridgehead atoms. The monoisotopic (exact) mass is 1560 g/mol. The standard InChI is InChI=1S/2C42H57N3O9S/c2*1-8-27-19-26(2)13-9-11-15-29-23-42(29,39(49)44-55(50,51)41(6)17-18-41)24-34(46)33-21-30(25-45(33)38(48)32(27)22-36(47)54-40(3,4)5)53-37-31-16-12-10-14-28(31)20-35(43-37)52-7/h2*10-12,14-16,20,26-27,29-30,32-33H,8-9,13,17-19,21-25H2,1-7H3,(H,44,49)/b2*15-11-/t26-,27+,29+,30+,32-,33-,42+;26-,27-,29-,30-,32+,33+,42-/m01/s1. The largest absolute Gasteiger partial charge is 0.481 e. The van der Waals surface area contributed by atoms with Crippen LogP contribution in [0.4, 0.5) is 0 Å². The molecule has 26 heteroatoms. The highest BCUT2D eigenvalue weighted by Crippen LogP contribution is 2.59. The van der Waals surface area contributed by atoms with E-state index in [0.717, 1.165) is 47.2 Å². The number of ketones is 2. The molecule has 2 aromatic heterocycles. The van der Waals surface area contributed by atoms with Crippen LogP contribution in [-0.2, 0) is 67.9 Å². The lowest BCUT2D eigenvalue weighted by molar-refractivity contribution is -0.160. The second-order valence-electron chi connectivity index (χ2n) is 35.2. The van der Waals surface area contributed by atoms with Gasteiger partial charge in [0.05, 0.1) is 84.4 Å². The zero-order valence-corrected chi connectivity index (χ0v) is 68.2. The van der Waals surface area contributed by atoms with Crippen LogP contribution >= 0.6 is 0 Å². The van der Waals surface area contributed by atoms with E-state index in [0.29, 0.717) is 87.7 Å². The van der Waals surface area contributed by atoms with E-state index in [1.165, 1.54) is 24.0 Å². The van der Waals surface area contributed by atoms with Gasteiger partial charge in [0.15, 0.2) is 11.6 Å². The van der Waals surface area contributed by atoms with Gasteiger partial charge in [-0.1, -0.05) is 101 Å². The lowest BCUT2D eigenvalue weighted by Crippen LogP contribution is -2.48. The van der Waals surface area contributed by atoms with Crippen molar-refractivity contribution in [2.24, 2.45) is 58.2 Å². The summed E-state index contributed by atoms with van der Waals surface area (Å²) in [5.41, 5.74) is -4.03. The van der Waals surface area contributed by atoms with E-state index in [9.17, 15) is 45.6 Å². The molecule has 0 spiro atoms. The lowest BCUT2D eigenvalue weighted by atomic mass is 9.79. The summed E-state index contributed by atoms with van der Waals surface area (Å²) in [7, 11) is -4.87. The van der Waals surface area contributed by atoms with E-state index in [4.69, 9.17) is 28.4 Å². The van der Waals surface area contributed by atoms with Crippen molar-refractivity contribution in [3.8, 4) is 23.5 Å². The Hall–Kier alpha value is -8.00. The third-order valence-electron chi connectivity index (χ3n) is 24.2. The number of aromatic nitrogens is 2. The van der Waals surface area contributed by atoms with Gasteiger partial charge in [-0.15, -0.1) is 0 Å². The van der Waals surface area contributed by atoms with Gasteiger partial charge >= 0.3 is 11.9 Å². The second-order valence-corrected chi connectivity index (χ2v) is 39.6. The summed E-state index contributed by atoms with van der Waals surface area (Å²) in [5, 5.41) is 3.17. The Morgan fingerprint density at radius 2 is 0.918 bits per heavy atom. The first-order chi connectivity index (χ1) is 51.8. The van der Waals surface area contributed by atoms with Crippen LogP contribution in [0.15, 0.2) is 85.0 Å². The number of ether oxygens (including phenoxy) is 6. The van der Waals surface area contributed by atoms with E-state index in [-0.39, 0.29) is 111 Å². The van der Waals surface area contributed by atoms with Crippen molar-refractivity contribution >= 4 is 88.7 Å². The smallest absolute Gasteiger partial charge is 0.307 e. The number of sulfonamides is 2. The van der Waals surface area contributed by atoms with Crippen molar-refractivity contribution in [3.05, 3.63) is 85.0 Å². The molecule has 0 radical (unpaired) electrons. The van der Waals surface area contributed by atoms with Gasteiger partial charge in [-0.3, -0.25) is 47.8 Å². The van der Waals surface area contributed by atoms with Crippen molar-refractivity contribution in [1.82, 2.24) is 29.2 Å². The molecule has 6 heterocycles. The highest BCUT2D eigenvalue weighted by Gasteiger charge is 2.65. The van der Waals surface area contributed by atoms with Gasteiger partial charge in [0, 0.05) is 48.6 Å². The highest BCUT2D eigenvalue weighted by atomic mass is 32.2. The van der Waals surface area contributed by atoms with Crippen molar-refractivity contribution in [3.63, 3.8) is 0 Å². The summed E-state index contributed by atoms with van der Waals surface area (Å²) in [5.74, 6) is -4.46.